The zero-order valence-electron chi connectivity index (χ0n) is 46.0. The van der Waals surface area contributed by atoms with Crippen molar-refractivity contribution in [3.8, 4) is 0 Å². The van der Waals surface area contributed by atoms with E-state index in [9.17, 15) is 38.7 Å². The van der Waals surface area contributed by atoms with Crippen molar-refractivity contribution in [2.75, 3.05) is 13.2 Å². The number of esters is 7. The molecule has 408 valence electrons. The van der Waals surface area contributed by atoms with Gasteiger partial charge in [0.15, 0.2) is 24.6 Å². The minimum absolute atomic E-state index is 0.00809. The summed E-state index contributed by atoms with van der Waals surface area (Å²) in [5, 5.41) is 13.4. The Labute approximate surface area is 431 Å². The van der Waals surface area contributed by atoms with E-state index in [1.54, 1.807) is 46.8 Å². The van der Waals surface area contributed by atoms with Crippen LogP contribution in [0.2, 0.25) is 0 Å². The van der Waals surface area contributed by atoms with Gasteiger partial charge in [-0.15, -0.1) is 0 Å². The molecule has 1 heterocycles. The highest BCUT2D eigenvalue weighted by Gasteiger charge is 2.74. The van der Waals surface area contributed by atoms with Gasteiger partial charge in [0.2, 0.25) is 0 Å². The second-order valence-corrected chi connectivity index (χ2v) is 23.6. The van der Waals surface area contributed by atoms with Crippen LogP contribution in [-0.4, -0.2) is 115 Å². The van der Waals surface area contributed by atoms with Crippen LogP contribution in [0.1, 0.15) is 156 Å². The first-order chi connectivity index (χ1) is 33.9. The molecule has 0 amide bonds. The highest BCUT2D eigenvalue weighted by Crippen LogP contribution is 2.76. The molecule has 6 aliphatic rings. The van der Waals surface area contributed by atoms with Crippen molar-refractivity contribution >= 4 is 41.8 Å². The molecule has 0 spiro atoms. The summed E-state index contributed by atoms with van der Waals surface area (Å²) in [7, 11) is 0. The molecule has 0 aromatic rings. The van der Waals surface area contributed by atoms with Crippen LogP contribution in [0.25, 0.3) is 0 Å². The number of aliphatic hydroxyl groups excluding tert-OH is 1. The van der Waals surface area contributed by atoms with E-state index in [-0.39, 0.29) is 54.0 Å². The summed E-state index contributed by atoms with van der Waals surface area (Å²) < 4.78 is 55.5. The minimum Gasteiger partial charge on any atom is -0.465 e. The molecule has 17 heteroatoms. The van der Waals surface area contributed by atoms with Gasteiger partial charge in [-0.25, -0.2) is 9.59 Å². The molecule has 17 nitrogen and oxygen atoms in total. The standard InChI is InChI=1S/C56H82O17/c1-17-29(3)48(63)71-43-31(5)67-50(45(70-36(10)61)44(43)72-49(64)30(4)18-2)73-47-46(62)56(28-66-33(7)58)38(25-51(47,11)12)37-19-20-40-52(13)23-22-41(68-34(8)59)53(14,27-65-32(6)57)39(52)21-24-54(40,15)55(37,16)26-42(56)69-35(9)60/h17-19,31,38-47,50,62H,20-28H2,1-16H3/b29-17-,30-18-/t31-,38+,39-,40-,41+,42-,43-,44+,45-,46+,47+,50+,52+,53-,54-,55-,56+/m1/s1. The lowest BCUT2D eigenvalue weighted by molar-refractivity contribution is -0.343. The van der Waals surface area contributed by atoms with Crippen molar-refractivity contribution in [3.63, 3.8) is 0 Å². The van der Waals surface area contributed by atoms with Crippen molar-refractivity contribution in [1.82, 2.24) is 0 Å². The van der Waals surface area contributed by atoms with E-state index in [0.717, 1.165) is 24.8 Å². The third-order valence-corrected chi connectivity index (χ3v) is 18.9. The van der Waals surface area contributed by atoms with Gasteiger partial charge in [-0.2, -0.15) is 0 Å². The summed E-state index contributed by atoms with van der Waals surface area (Å²) in [4.78, 5) is 91.1. The molecule has 1 N–H and O–H groups in total. The van der Waals surface area contributed by atoms with Crippen molar-refractivity contribution in [3.05, 3.63) is 34.9 Å². The van der Waals surface area contributed by atoms with E-state index in [0.29, 0.717) is 19.3 Å². The first-order valence-electron chi connectivity index (χ1n) is 26.0. The maximum atomic E-state index is 13.5. The SMILES string of the molecule is C/C=C(/C)C(=O)O[C@@H]1[C@@H](OC(C)=O)[C@H](O[C@H]2[C@H](O)[C@]3(COC(C)=O)[C@H](OC(C)=O)C[C@]4(C)C(=CC[C@@H]5[C@@]6(C)CC[C@H](OC(C)=O)[C@](C)(COC(C)=O)[C@@H]6CC[C@]54C)[C@@H]3CC2(C)C)O[C@H](C)[C@H]1OC(=O)/C(C)=C\C. The van der Waals surface area contributed by atoms with Crippen molar-refractivity contribution in [1.29, 1.82) is 0 Å². The quantitative estimate of drug-likeness (QED) is 0.0612. The van der Waals surface area contributed by atoms with E-state index >= 15 is 0 Å². The van der Waals surface area contributed by atoms with Crippen molar-refractivity contribution in [2.45, 2.75) is 211 Å². The lowest BCUT2D eigenvalue weighted by atomic mass is 9.33. The van der Waals surface area contributed by atoms with Gasteiger partial charge < -0.3 is 47.7 Å². The fourth-order valence-electron chi connectivity index (χ4n) is 14.8. The molecule has 5 aliphatic carbocycles. The van der Waals surface area contributed by atoms with Crippen LogP contribution in [0.4, 0.5) is 0 Å². The van der Waals surface area contributed by atoms with Crippen LogP contribution in [0.5, 0.6) is 0 Å². The third-order valence-electron chi connectivity index (χ3n) is 18.9. The second kappa shape index (κ2) is 21.2. The Bertz CT molecular complexity index is 2280. The van der Waals surface area contributed by atoms with Crippen molar-refractivity contribution < 1.29 is 81.3 Å². The molecular formula is C56H82O17. The van der Waals surface area contributed by atoms with Crippen LogP contribution in [-0.2, 0) is 76.2 Å². The molecule has 1 aliphatic heterocycles. The summed E-state index contributed by atoms with van der Waals surface area (Å²) in [5.74, 6) is -4.70. The predicted molar refractivity (Wildman–Crippen MR) is 263 cm³/mol. The lowest BCUT2D eigenvalue weighted by Crippen LogP contribution is -2.73. The second-order valence-electron chi connectivity index (χ2n) is 23.6. The first-order valence-corrected chi connectivity index (χ1v) is 26.0. The Kier molecular flexibility index (Phi) is 16.7. The van der Waals surface area contributed by atoms with Gasteiger partial charge in [0.05, 0.1) is 23.7 Å². The molecule has 0 bridgehead atoms. The highest BCUT2D eigenvalue weighted by atomic mass is 16.7. The van der Waals surface area contributed by atoms with Crippen LogP contribution >= 0.6 is 0 Å². The predicted octanol–water partition coefficient (Wildman–Crippen LogP) is 7.77. The Morgan fingerprint density at radius 2 is 1.21 bits per heavy atom. The number of hydrogen-bond acceptors (Lipinski definition) is 17. The number of hydrogen-bond donors (Lipinski definition) is 1. The molecule has 4 saturated carbocycles. The number of carbonyl (C=O) groups is 7. The zero-order chi connectivity index (χ0) is 54.6. The van der Waals surface area contributed by atoms with E-state index in [1.807, 2.05) is 13.8 Å². The summed E-state index contributed by atoms with van der Waals surface area (Å²) in [6, 6.07) is 0. The number of allylic oxidation sites excluding steroid dienone is 4. The molecule has 73 heavy (non-hydrogen) atoms. The van der Waals surface area contributed by atoms with Crippen LogP contribution < -0.4 is 0 Å². The molecule has 0 radical (unpaired) electrons. The van der Waals surface area contributed by atoms with E-state index in [2.05, 4.69) is 33.8 Å². The Morgan fingerprint density at radius 1 is 0.658 bits per heavy atom. The molecular weight excluding hydrogens is 945 g/mol. The molecule has 0 aromatic carbocycles. The third kappa shape index (κ3) is 10.3. The fraction of sp³-hybridized carbons (Fsp3) is 0.768. The maximum Gasteiger partial charge on any atom is 0.333 e. The molecule has 1 saturated heterocycles. The Balaban J connectivity index is 1.46. The average Bonchev–Trinajstić information content (AvgIpc) is 3.29. The summed E-state index contributed by atoms with van der Waals surface area (Å²) in [5.41, 5.74) is -2.90. The Morgan fingerprint density at radius 3 is 1.75 bits per heavy atom. The van der Waals surface area contributed by atoms with Gasteiger partial charge in [0, 0.05) is 51.2 Å². The number of carbonyl (C=O) groups excluding carboxylic acids is 7. The van der Waals surface area contributed by atoms with E-state index in [1.165, 1.54) is 34.6 Å². The maximum absolute atomic E-state index is 13.5. The van der Waals surface area contributed by atoms with Crippen LogP contribution in [0.3, 0.4) is 0 Å². The lowest BCUT2D eigenvalue weighted by Gasteiger charge is -2.72. The largest absolute Gasteiger partial charge is 0.465 e. The fourth-order valence-corrected chi connectivity index (χ4v) is 14.8. The number of aliphatic hydroxyl groups is 1. The van der Waals surface area contributed by atoms with Crippen LogP contribution in [0, 0.1) is 50.2 Å². The summed E-state index contributed by atoms with van der Waals surface area (Å²) >= 11 is 0. The van der Waals surface area contributed by atoms with Gasteiger partial charge in [0.1, 0.15) is 25.4 Å². The van der Waals surface area contributed by atoms with Gasteiger partial charge in [0.25, 0.3) is 0 Å². The monoisotopic (exact) mass is 1030 g/mol. The summed E-state index contributed by atoms with van der Waals surface area (Å²) in [6.07, 6.45) is -1.52. The molecule has 0 unspecified atom stereocenters. The Hall–Kier alpha value is -4.61. The average molecular weight is 1030 g/mol. The number of rotatable bonds is 13. The van der Waals surface area contributed by atoms with E-state index < -0.39 is 124 Å². The molecule has 0 aromatic heterocycles. The first kappa shape index (κ1) is 57.7. The topological polar surface area (TPSA) is 223 Å². The summed E-state index contributed by atoms with van der Waals surface area (Å²) in [6.45, 7) is 27.2. The van der Waals surface area contributed by atoms with Crippen LogP contribution in [0.15, 0.2) is 34.9 Å². The molecule has 17 atom stereocenters. The molecule has 5 fully saturated rings. The van der Waals surface area contributed by atoms with E-state index in [4.69, 9.17) is 42.6 Å². The highest BCUT2D eigenvalue weighted by molar-refractivity contribution is 5.88. The zero-order valence-corrected chi connectivity index (χ0v) is 46.0. The van der Waals surface area contributed by atoms with Gasteiger partial charge in [-0.05, 0) is 119 Å². The normalized spacial score (nSPS) is 40.9. The smallest absolute Gasteiger partial charge is 0.333 e. The van der Waals surface area contributed by atoms with Gasteiger partial charge in [-0.1, -0.05) is 65.3 Å². The number of ether oxygens (including phenoxy) is 9. The van der Waals surface area contributed by atoms with Gasteiger partial charge >= 0.3 is 41.8 Å². The van der Waals surface area contributed by atoms with Gasteiger partial charge in [-0.3, -0.25) is 24.0 Å². The minimum atomic E-state index is -1.54. The number of fused-ring (bicyclic) bond motifs is 7. The molecule has 6 rings (SSSR count). The van der Waals surface area contributed by atoms with Crippen molar-refractivity contribution in [2.24, 2.45) is 50.2 Å².